The van der Waals surface area contributed by atoms with Crippen LogP contribution < -0.4 is 14.2 Å². The summed E-state index contributed by atoms with van der Waals surface area (Å²) in [6.45, 7) is 0.408. The van der Waals surface area contributed by atoms with Crippen LogP contribution in [0, 0.1) is 0 Å². The van der Waals surface area contributed by atoms with Gasteiger partial charge in [-0.25, -0.2) is 0 Å². The van der Waals surface area contributed by atoms with Crippen molar-refractivity contribution in [2.75, 3.05) is 41.6 Å². The van der Waals surface area contributed by atoms with Gasteiger partial charge in [0, 0.05) is 19.2 Å². The van der Waals surface area contributed by atoms with Gasteiger partial charge in [-0.15, -0.1) is 0 Å². The number of amides is 1. The van der Waals surface area contributed by atoms with Crippen LogP contribution in [0.5, 0.6) is 17.2 Å². The van der Waals surface area contributed by atoms with Crippen LogP contribution in [0.1, 0.15) is 17.2 Å². The lowest BCUT2D eigenvalue weighted by Crippen LogP contribution is -2.32. The molecule has 0 bridgehead atoms. The van der Waals surface area contributed by atoms with Gasteiger partial charge in [0.1, 0.15) is 11.5 Å². The number of aliphatic hydroxyl groups excluding tert-OH is 1. The lowest BCUT2D eigenvalue weighted by molar-refractivity contribution is -0.140. The highest BCUT2D eigenvalue weighted by Gasteiger charge is 2.46. The minimum absolute atomic E-state index is 0.0124. The third kappa shape index (κ3) is 4.20. The van der Waals surface area contributed by atoms with Crippen LogP contribution >= 0.6 is 0 Å². The molecule has 1 saturated heterocycles. The van der Waals surface area contributed by atoms with Crippen LogP contribution in [0.3, 0.4) is 0 Å². The molecule has 2 aromatic rings. The zero-order valence-electron chi connectivity index (χ0n) is 17.9. The Morgan fingerprint density at radius 1 is 0.968 bits per heavy atom. The maximum atomic E-state index is 13.0. The SMILES string of the molecule is COCCN1C(=O)C(=O)C(=C(O)c2cccc(OC)c2)[C@@H]1c1ccc(OC)c(OC)c1. The molecule has 1 heterocycles. The first-order valence-corrected chi connectivity index (χ1v) is 9.60. The lowest BCUT2D eigenvalue weighted by Gasteiger charge is -2.25. The Morgan fingerprint density at radius 2 is 1.71 bits per heavy atom. The summed E-state index contributed by atoms with van der Waals surface area (Å²) in [6, 6.07) is 11.0. The molecule has 1 aliphatic heterocycles. The van der Waals surface area contributed by atoms with Crippen molar-refractivity contribution < 1.29 is 33.6 Å². The van der Waals surface area contributed by atoms with Crippen molar-refractivity contribution in [2.24, 2.45) is 0 Å². The van der Waals surface area contributed by atoms with Crippen LogP contribution in [0.4, 0.5) is 0 Å². The fraction of sp³-hybridized carbons (Fsp3) is 0.304. The molecule has 1 N–H and O–H groups in total. The van der Waals surface area contributed by atoms with Crippen LogP contribution in [-0.2, 0) is 14.3 Å². The monoisotopic (exact) mass is 427 g/mol. The Hall–Kier alpha value is -3.52. The van der Waals surface area contributed by atoms with Crippen molar-refractivity contribution in [2.45, 2.75) is 6.04 Å². The third-order valence-electron chi connectivity index (χ3n) is 5.14. The Kier molecular flexibility index (Phi) is 6.81. The molecule has 8 nitrogen and oxygen atoms in total. The second-order valence-electron chi connectivity index (χ2n) is 6.83. The molecule has 0 unspecified atom stereocenters. The van der Waals surface area contributed by atoms with Crippen molar-refractivity contribution in [1.82, 2.24) is 4.90 Å². The van der Waals surface area contributed by atoms with E-state index in [4.69, 9.17) is 18.9 Å². The van der Waals surface area contributed by atoms with E-state index in [0.717, 1.165) is 0 Å². The van der Waals surface area contributed by atoms with Gasteiger partial charge in [-0.05, 0) is 29.8 Å². The summed E-state index contributed by atoms with van der Waals surface area (Å²) in [5.74, 6) is -0.290. The zero-order valence-corrected chi connectivity index (χ0v) is 17.9. The summed E-state index contributed by atoms with van der Waals surface area (Å²) in [4.78, 5) is 27.2. The molecule has 0 saturated carbocycles. The molecule has 31 heavy (non-hydrogen) atoms. The van der Waals surface area contributed by atoms with Crippen molar-refractivity contribution in [3.05, 3.63) is 59.2 Å². The van der Waals surface area contributed by atoms with Crippen molar-refractivity contribution in [1.29, 1.82) is 0 Å². The van der Waals surface area contributed by atoms with E-state index >= 15 is 0 Å². The molecule has 1 atom stereocenters. The predicted molar refractivity (Wildman–Crippen MR) is 113 cm³/mol. The summed E-state index contributed by atoms with van der Waals surface area (Å²) in [7, 11) is 6.04. The van der Waals surface area contributed by atoms with E-state index in [0.29, 0.717) is 28.4 Å². The number of nitrogens with zero attached hydrogens (tertiary/aromatic N) is 1. The normalized spacial score (nSPS) is 17.7. The van der Waals surface area contributed by atoms with Gasteiger partial charge < -0.3 is 29.0 Å². The minimum Gasteiger partial charge on any atom is -0.507 e. The number of ketones is 1. The number of aliphatic hydroxyl groups is 1. The van der Waals surface area contributed by atoms with Crippen molar-refractivity contribution in [3.63, 3.8) is 0 Å². The van der Waals surface area contributed by atoms with Crippen LogP contribution in [-0.4, -0.2) is 63.3 Å². The number of methoxy groups -OCH3 is 4. The molecular weight excluding hydrogens is 402 g/mol. The number of likely N-dealkylation sites (tertiary alicyclic amines) is 1. The highest BCUT2D eigenvalue weighted by Crippen LogP contribution is 2.42. The molecule has 0 aromatic heterocycles. The van der Waals surface area contributed by atoms with Gasteiger partial charge in [-0.2, -0.15) is 0 Å². The summed E-state index contributed by atoms with van der Waals surface area (Å²) >= 11 is 0. The Morgan fingerprint density at radius 3 is 2.35 bits per heavy atom. The van der Waals surface area contributed by atoms with Gasteiger partial charge in [-0.1, -0.05) is 18.2 Å². The zero-order chi connectivity index (χ0) is 22.5. The minimum atomic E-state index is -0.818. The summed E-state index contributed by atoms with van der Waals surface area (Å²) in [5, 5.41) is 11.1. The topological polar surface area (TPSA) is 94.5 Å². The summed E-state index contributed by atoms with van der Waals surface area (Å²) in [6.07, 6.45) is 0. The van der Waals surface area contributed by atoms with Crippen LogP contribution in [0.15, 0.2) is 48.0 Å². The van der Waals surface area contributed by atoms with Gasteiger partial charge in [0.15, 0.2) is 11.5 Å². The second-order valence-corrected chi connectivity index (χ2v) is 6.83. The Labute approximate surface area is 180 Å². The highest BCUT2D eigenvalue weighted by molar-refractivity contribution is 6.46. The first-order valence-electron chi connectivity index (χ1n) is 9.60. The summed E-state index contributed by atoms with van der Waals surface area (Å²) in [5.41, 5.74) is 0.952. The van der Waals surface area contributed by atoms with E-state index in [-0.39, 0.29) is 24.5 Å². The average Bonchev–Trinajstić information content (AvgIpc) is 3.06. The maximum Gasteiger partial charge on any atom is 0.295 e. The Balaban J connectivity index is 2.19. The molecule has 1 fully saturated rings. The van der Waals surface area contributed by atoms with Crippen LogP contribution in [0.25, 0.3) is 5.76 Å². The number of hydrogen-bond acceptors (Lipinski definition) is 7. The number of ether oxygens (including phenoxy) is 4. The Bertz CT molecular complexity index is 1010. The molecule has 0 radical (unpaired) electrons. The standard InChI is InChI=1S/C23H25NO7/c1-28-11-10-24-20(14-8-9-17(30-3)18(13-14)31-4)19(22(26)23(24)27)21(25)15-6-5-7-16(12-15)29-2/h5-9,12-13,20,25H,10-11H2,1-4H3/t20-/m0/s1. The van der Waals surface area contributed by atoms with E-state index in [1.165, 1.54) is 33.3 Å². The molecular formula is C23H25NO7. The molecule has 164 valence electrons. The number of rotatable bonds is 8. The van der Waals surface area contributed by atoms with Gasteiger partial charge in [0.25, 0.3) is 11.7 Å². The van der Waals surface area contributed by atoms with Gasteiger partial charge in [0.2, 0.25) is 0 Å². The van der Waals surface area contributed by atoms with Gasteiger partial charge >= 0.3 is 0 Å². The van der Waals surface area contributed by atoms with E-state index in [1.807, 2.05) is 0 Å². The number of carbonyl (C=O) groups excluding carboxylic acids is 2. The highest BCUT2D eigenvalue weighted by atomic mass is 16.5. The van der Waals surface area contributed by atoms with Crippen molar-refractivity contribution >= 4 is 17.4 Å². The number of hydrogen-bond donors (Lipinski definition) is 1. The van der Waals surface area contributed by atoms with Crippen molar-refractivity contribution in [3.8, 4) is 17.2 Å². The predicted octanol–water partition coefficient (Wildman–Crippen LogP) is 2.78. The molecule has 1 aliphatic rings. The van der Waals surface area contributed by atoms with E-state index < -0.39 is 17.7 Å². The third-order valence-corrected chi connectivity index (χ3v) is 5.14. The maximum absolute atomic E-state index is 13.0. The van der Waals surface area contributed by atoms with E-state index in [9.17, 15) is 14.7 Å². The summed E-state index contributed by atoms with van der Waals surface area (Å²) < 4.78 is 21.0. The largest absolute Gasteiger partial charge is 0.507 e. The molecule has 1 amide bonds. The molecule has 2 aromatic carbocycles. The second kappa shape index (κ2) is 9.53. The van der Waals surface area contributed by atoms with E-state index in [2.05, 4.69) is 0 Å². The fourth-order valence-corrected chi connectivity index (χ4v) is 3.60. The van der Waals surface area contributed by atoms with Gasteiger partial charge in [0.05, 0.1) is 39.6 Å². The molecule has 0 spiro atoms. The number of Topliss-reactive ketones (excluding diaryl/α,β-unsaturated/α-hetero) is 1. The van der Waals surface area contributed by atoms with E-state index in [1.54, 1.807) is 42.5 Å². The molecule has 3 rings (SSSR count). The first-order chi connectivity index (χ1) is 15.0. The molecule has 8 heteroatoms. The smallest absolute Gasteiger partial charge is 0.295 e. The quantitative estimate of drug-likeness (QED) is 0.393. The molecule has 0 aliphatic carbocycles. The number of carbonyl (C=O) groups is 2. The van der Waals surface area contributed by atoms with Crippen LogP contribution in [0.2, 0.25) is 0 Å². The average molecular weight is 427 g/mol. The number of benzene rings is 2. The lowest BCUT2D eigenvalue weighted by atomic mass is 9.95. The fourth-order valence-electron chi connectivity index (χ4n) is 3.60. The van der Waals surface area contributed by atoms with Gasteiger partial charge in [-0.3, -0.25) is 9.59 Å². The first kappa shape index (κ1) is 22.2.